The van der Waals surface area contributed by atoms with Gasteiger partial charge in [0, 0.05) is 25.1 Å². The van der Waals surface area contributed by atoms with Crippen molar-refractivity contribution in [2.24, 2.45) is 7.05 Å². The molecule has 0 aliphatic carbocycles. The van der Waals surface area contributed by atoms with Gasteiger partial charge in [-0.05, 0) is 6.92 Å². The van der Waals surface area contributed by atoms with Gasteiger partial charge in [0.15, 0.2) is 0 Å². The van der Waals surface area contributed by atoms with Crippen molar-refractivity contribution in [3.8, 4) is 0 Å². The van der Waals surface area contributed by atoms with Crippen LogP contribution >= 0.6 is 0 Å². The Balaban J connectivity index is 2.14. The van der Waals surface area contributed by atoms with E-state index in [9.17, 15) is 0 Å². The monoisotopic (exact) mass is 177 g/mol. The van der Waals surface area contributed by atoms with E-state index in [0.29, 0.717) is 0 Å². The molecule has 0 saturated carbocycles. The predicted molar refractivity (Wildman–Crippen MR) is 49.8 cm³/mol. The summed E-state index contributed by atoms with van der Waals surface area (Å²) in [4.78, 5) is 7.19. The van der Waals surface area contributed by atoms with Crippen molar-refractivity contribution in [1.29, 1.82) is 0 Å². The third-order valence-electron chi connectivity index (χ3n) is 1.67. The Morgan fingerprint density at radius 3 is 2.85 bits per heavy atom. The molecule has 0 fully saturated rings. The van der Waals surface area contributed by atoms with Crippen LogP contribution in [0.3, 0.4) is 0 Å². The highest BCUT2D eigenvalue weighted by Crippen LogP contribution is 2.10. The van der Waals surface area contributed by atoms with Gasteiger partial charge in [-0.3, -0.25) is 4.68 Å². The number of nitrogens with one attached hydrogen (secondary N) is 2. The number of aryl methyl sites for hydroxylation is 2. The van der Waals surface area contributed by atoms with Crippen LogP contribution in [-0.2, 0) is 7.05 Å². The molecule has 0 amide bonds. The van der Waals surface area contributed by atoms with Crippen LogP contribution in [0.1, 0.15) is 5.69 Å². The van der Waals surface area contributed by atoms with E-state index in [1.54, 1.807) is 17.1 Å². The van der Waals surface area contributed by atoms with Crippen LogP contribution in [0.2, 0.25) is 0 Å². The molecule has 0 unspecified atom stereocenters. The van der Waals surface area contributed by atoms with E-state index in [0.717, 1.165) is 17.3 Å². The fraction of sp³-hybridized carbons (Fsp3) is 0.250. The van der Waals surface area contributed by atoms with Crippen LogP contribution in [0, 0.1) is 6.92 Å². The van der Waals surface area contributed by atoms with Crippen LogP contribution in [0.5, 0.6) is 0 Å². The van der Waals surface area contributed by atoms with E-state index in [4.69, 9.17) is 0 Å². The van der Waals surface area contributed by atoms with Gasteiger partial charge in [-0.25, -0.2) is 4.98 Å². The molecule has 2 heterocycles. The molecule has 68 valence electrons. The Labute approximate surface area is 75.8 Å². The van der Waals surface area contributed by atoms with E-state index in [-0.39, 0.29) is 0 Å². The summed E-state index contributed by atoms with van der Waals surface area (Å²) in [6, 6.07) is 0. The second-order valence-electron chi connectivity index (χ2n) is 2.94. The molecule has 5 heteroatoms. The Bertz CT molecular complexity index is 362. The number of aromatic nitrogens is 4. The molecule has 2 aromatic rings. The summed E-state index contributed by atoms with van der Waals surface area (Å²) in [5.74, 6) is 0.741. The van der Waals surface area contributed by atoms with Gasteiger partial charge in [0.1, 0.15) is 0 Å². The Kier molecular flexibility index (Phi) is 1.77. The summed E-state index contributed by atoms with van der Waals surface area (Å²) >= 11 is 0. The summed E-state index contributed by atoms with van der Waals surface area (Å²) < 4.78 is 1.73. The van der Waals surface area contributed by atoms with Crippen molar-refractivity contribution in [3.05, 3.63) is 24.3 Å². The molecule has 0 bridgehead atoms. The van der Waals surface area contributed by atoms with Crippen molar-refractivity contribution < 1.29 is 0 Å². The minimum absolute atomic E-state index is 0.741. The molecule has 0 aromatic carbocycles. The van der Waals surface area contributed by atoms with Gasteiger partial charge in [-0.15, -0.1) is 0 Å². The fourth-order valence-electron chi connectivity index (χ4n) is 1.10. The molecule has 5 nitrogen and oxygen atoms in total. The van der Waals surface area contributed by atoms with Crippen molar-refractivity contribution >= 4 is 11.6 Å². The standard InChI is InChI=1S/C8H11N5/c1-6-3-9-8(11-6)12-7-4-10-13(2)5-7/h3-5H,1-2H3,(H2,9,11,12). The first kappa shape index (κ1) is 7.85. The smallest absolute Gasteiger partial charge is 0.204 e. The summed E-state index contributed by atoms with van der Waals surface area (Å²) in [7, 11) is 1.87. The highest BCUT2D eigenvalue weighted by Gasteiger charge is 1.98. The maximum atomic E-state index is 4.12. The third-order valence-corrected chi connectivity index (χ3v) is 1.67. The van der Waals surface area contributed by atoms with Gasteiger partial charge < -0.3 is 10.3 Å². The molecule has 2 aromatic heterocycles. The molecular weight excluding hydrogens is 166 g/mol. The highest BCUT2D eigenvalue weighted by molar-refractivity contribution is 5.50. The number of hydrogen-bond donors (Lipinski definition) is 2. The zero-order valence-electron chi connectivity index (χ0n) is 7.57. The van der Waals surface area contributed by atoms with Gasteiger partial charge >= 0.3 is 0 Å². The van der Waals surface area contributed by atoms with E-state index in [1.807, 2.05) is 20.2 Å². The minimum Gasteiger partial charge on any atom is -0.328 e. The van der Waals surface area contributed by atoms with Crippen LogP contribution in [-0.4, -0.2) is 19.7 Å². The van der Waals surface area contributed by atoms with Gasteiger partial charge in [0.05, 0.1) is 11.9 Å². The number of imidazole rings is 1. The van der Waals surface area contributed by atoms with Crippen molar-refractivity contribution in [1.82, 2.24) is 19.7 Å². The maximum absolute atomic E-state index is 4.12. The average molecular weight is 177 g/mol. The topological polar surface area (TPSA) is 58.5 Å². The Morgan fingerprint density at radius 2 is 2.31 bits per heavy atom. The van der Waals surface area contributed by atoms with E-state index >= 15 is 0 Å². The average Bonchev–Trinajstić information content (AvgIpc) is 2.62. The largest absolute Gasteiger partial charge is 0.328 e. The zero-order valence-corrected chi connectivity index (χ0v) is 7.57. The van der Waals surface area contributed by atoms with Gasteiger partial charge in [-0.2, -0.15) is 5.10 Å². The SMILES string of the molecule is Cc1cnc(Nc2cnn(C)c2)[nH]1. The van der Waals surface area contributed by atoms with E-state index in [2.05, 4.69) is 20.4 Å². The van der Waals surface area contributed by atoms with Crippen LogP contribution in [0.25, 0.3) is 0 Å². The highest BCUT2D eigenvalue weighted by atomic mass is 15.3. The number of rotatable bonds is 2. The molecule has 0 radical (unpaired) electrons. The first-order chi connectivity index (χ1) is 6.24. The normalized spacial score (nSPS) is 10.3. The Morgan fingerprint density at radius 1 is 1.46 bits per heavy atom. The van der Waals surface area contributed by atoms with Crippen LogP contribution in [0.15, 0.2) is 18.6 Å². The quantitative estimate of drug-likeness (QED) is 0.724. The fourth-order valence-corrected chi connectivity index (χ4v) is 1.10. The molecule has 0 saturated heterocycles. The molecule has 13 heavy (non-hydrogen) atoms. The van der Waals surface area contributed by atoms with Crippen molar-refractivity contribution in [2.45, 2.75) is 6.92 Å². The zero-order chi connectivity index (χ0) is 9.26. The summed E-state index contributed by atoms with van der Waals surface area (Å²) in [6.07, 6.45) is 5.41. The predicted octanol–water partition coefficient (Wildman–Crippen LogP) is 1.20. The molecule has 2 N–H and O–H groups in total. The van der Waals surface area contributed by atoms with Gasteiger partial charge in [0.25, 0.3) is 0 Å². The molecule has 0 spiro atoms. The number of nitrogens with zero attached hydrogens (tertiary/aromatic N) is 3. The second kappa shape index (κ2) is 2.93. The second-order valence-corrected chi connectivity index (χ2v) is 2.94. The van der Waals surface area contributed by atoms with Crippen LogP contribution in [0.4, 0.5) is 11.6 Å². The molecule has 0 aliphatic rings. The lowest BCUT2D eigenvalue weighted by Gasteiger charge is -1.96. The lowest BCUT2D eigenvalue weighted by atomic mass is 10.6. The summed E-state index contributed by atoms with van der Waals surface area (Å²) in [5.41, 5.74) is 1.96. The summed E-state index contributed by atoms with van der Waals surface area (Å²) in [6.45, 7) is 1.96. The summed E-state index contributed by atoms with van der Waals surface area (Å²) in [5, 5.41) is 7.13. The van der Waals surface area contributed by atoms with Crippen molar-refractivity contribution in [3.63, 3.8) is 0 Å². The van der Waals surface area contributed by atoms with Crippen LogP contribution < -0.4 is 5.32 Å². The first-order valence-electron chi connectivity index (χ1n) is 4.01. The lowest BCUT2D eigenvalue weighted by Crippen LogP contribution is -1.90. The lowest BCUT2D eigenvalue weighted by molar-refractivity contribution is 0.768. The maximum Gasteiger partial charge on any atom is 0.204 e. The van der Waals surface area contributed by atoms with E-state index < -0.39 is 0 Å². The number of hydrogen-bond acceptors (Lipinski definition) is 3. The minimum atomic E-state index is 0.741. The van der Waals surface area contributed by atoms with Gasteiger partial charge in [-0.1, -0.05) is 0 Å². The Hall–Kier alpha value is -1.78. The number of anilines is 2. The van der Waals surface area contributed by atoms with Gasteiger partial charge in [0.2, 0.25) is 5.95 Å². The van der Waals surface area contributed by atoms with Crippen molar-refractivity contribution in [2.75, 3.05) is 5.32 Å². The van der Waals surface area contributed by atoms with E-state index in [1.165, 1.54) is 0 Å². The third kappa shape index (κ3) is 1.69. The first-order valence-corrected chi connectivity index (χ1v) is 4.01. The molecule has 2 rings (SSSR count). The molecule has 0 aliphatic heterocycles. The molecule has 0 atom stereocenters. The molecular formula is C8H11N5. The number of aromatic amines is 1. The number of H-pyrrole nitrogens is 1.